The molecule has 2 heterocycles. The van der Waals surface area contributed by atoms with Crippen LogP contribution in [0.4, 0.5) is 5.69 Å². The zero-order valence-corrected chi connectivity index (χ0v) is 11.1. The van der Waals surface area contributed by atoms with E-state index in [1.807, 2.05) is 24.3 Å². The van der Waals surface area contributed by atoms with Gasteiger partial charge < -0.3 is 11.1 Å². The molecule has 0 spiro atoms. The summed E-state index contributed by atoms with van der Waals surface area (Å²) in [4.78, 5) is 16.3. The fraction of sp³-hybridized carbons (Fsp3) is 0.357. The van der Waals surface area contributed by atoms with Crippen molar-refractivity contribution in [3.05, 3.63) is 30.6 Å². The van der Waals surface area contributed by atoms with Gasteiger partial charge in [0, 0.05) is 17.8 Å². The second kappa shape index (κ2) is 5.32. The number of aromatic nitrogens is 3. The molecule has 0 saturated carbocycles. The van der Waals surface area contributed by atoms with Crippen LogP contribution < -0.4 is 11.1 Å². The zero-order chi connectivity index (χ0) is 13.9. The molecule has 3 N–H and O–H groups in total. The minimum atomic E-state index is -0.264. The number of nitrogens with one attached hydrogen (secondary N) is 1. The maximum atomic E-state index is 12.0. The van der Waals surface area contributed by atoms with E-state index >= 15 is 0 Å². The molecule has 0 aliphatic carbocycles. The van der Waals surface area contributed by atoms with Gasteiger partial charge in [-0.2, -0.15) is 5.10 Å². The van der Waals surface area contributed by atoms with E-state index in [2.05, 4.69) is 15.4 Å². The first-order valence-electron chi connectivity index (χ1n) is 6.79. The van der Waals surface area contributed by atoms with Crippen molar-refractivity contribution in [1.82, 2.24) is 20.1 Å². The number of hydrogen-bond acceptors (Lipinski definition) is 4. The molecular weight excluding hydrogens is 254 g/mol. The quantitative estimate of drug-likeness (QED) is 0.808. The van der Waals surface area contributed by atoms with Crippen molar-refractivity contribution in [1.29, 1.82) is 0 Å². The zero-order valence-electron chi connectivity index (χ0n) is 11.1. The molecule has 0 radical (unpaired) electrons. The summed E-state index contributed by atoms with van der Waals surface area (Å²) in [5, 5.41) is 7.33. The summed E-state index contributed by atoms with van der Waals surface area (Å²) in [6.07, 6.45) is 4.44. The number of hydrogen-bond donors (Lipinski definition) is 2. The fourth-order valence-electron chi connectivity index (χ4n) is 2.41. The van der Waals surface area contributed by atoms with Crippen molar-refractivity contribution in [3.63, 3.8) is 0 Å². The molecule has 1 aliphatic rings. The van der Waals surface area contributed by atoms with Gasteiger partial charge in [-0.1, -0.05) is 12.1 Å². The van der Waals surface area contributed by atoms with E-state index in [9.17, 15) is 4.79 Å². The largest absolute Gasteiger partial charge is 0.399 e. The minimum absolute atomic E-state index is 0.0199. The smallest absolute Gasteiger partial charge is 0.244 e. The van der Waals surface area contributed by atoms with Crippen molar-refractivity contribution in [2.45, 2.75) is 25.3 Å². The molecule has 1 saturated heterocycles. The van der Waals surface area contributed by atoms with E-state index in [0.29, 0.717) is 11.5 Å². The number of nitrogens with two attached hydrogens (primary N) is 1. The Balaban J connectivity index is 1.87. The third-order valence-electron chi connectivity index (χ3n) is 3.48. The van der Waals surface area contributed by atoms with E-state index in [1.165, 1.54) is 0 Å². The number of nitrogens with zero attached hydrogens (tertiary/aromatic N) is 3. The first kappa shape index (κ1) is 12.7. The topological polar surface area (TPSA) is 85.8 Å². The molecular formula is C14H17N5O. The number of carbonyl (C=O) groups is 1. The van der Waals surface area contributed by atoms with Gasteiger partial charge in [-0.25, -0.2) is 9.67 Å². The number of anilines is 1. The number of amides is 1. The predicted octanol–water partition coefficient (Wildman–Crippen LogP) is 1.37. The van der Waals surface area contributed by atoms with Crippen LogP contribution in [0.25, 0.3) is 11.4 Å². The van der Waals surface area contributed by atoms with E-state index in [-0.39, 0.29) is 11.9 Å². The Morgan fingerprint density at radius 2 is 2.25 bits per heavy atom. The Morgan fingerprint density at radius 3 is 3.10 bits per heavy atom. The molecule has 1 atom stereocenters. The molecule has 104 valence electrons. The van der Waals surface area contributed by atoms with Crippen LogP contribution >= 0.6 is 0 Å². The van der Waals surface area contributed by atoms with E-state index in [1.54, 1.807) is 11.0 Å². The normalized spacial score (nSPS) is 19.4. The van der Waals surface area contributed by atoms with Gasteiger partial charge >= 0.3 is 0 Å². The van der Waals surface area contributed by atoms with E-state index < -0.39 is 0 Å². The van der Waals surface area contributed by atoms with Gasteiger partial charge in [0.05, 0.1) is 0 Å². The highest BCUT2D eigenvalue weighted by Gasteiger charge is 2.23. The Labute approximate surface area is 117 Å². The molecule has 20 heavy (non-hydrogen) atoms. The Morgan fingerprint density at radius 1 is 1.35 bits per heavy atom. The molecule has 1 aliphatic heterocycles. The Kier molecular flexibility index (Phi) is 3.37. The molecule has 1 aromatic heterocycles. The second-order valence-electron chi connectivity index (χ2n) is 4.98. The highest BCUT2D eigenvalue weighted by molar-refractivity contribution is 5.80. The van der Waals surface area contributed by atoms with Crippen molar-refractivity contribution in [3.8, 4) is 11.4 Å². The summed E-state index contributed by atoms with van der Waals surface area (Å²) >= 11 is 0. The fourth-order valence-corrected chi connectivity index (χ4v) is 2.41. The third-order valence-corrected chi connectivity index (χ3v) is 3.48. The molecule has 3 rings (SSSR count). The maximum Gasteiger partial charge on any atom is 0.244 e. The van der Waals surface area contributed by atoms with Gasteiger partial charge in [-0.3, -0.25) is 4.79 Å². The van der Waals surface area contributed by atoms with Crippen molar-refractivity contribution in [2.24, 2.45) is 0 Å². The van der Waals surface area contributed by atoms with Crippen LogP contribution in [0.3, 0.4) is 0 Å². The van der Waals surface area contributed by atoms with Crippen molar-refractivity contribution >= 4 is 11.6 Å². The first-order valence-corrected chi connectivity index (χ1v) is 6.79. The SMILES string of the molecule is Nc1cccc(-c2ncn(C3CCCCNC3=O)n2)c1. The Hall–Kier alpha value is -2.37. The number of carbonyl (C=O) groups excluding carboxylic acids is 1. The molecule has 1 fully saturated rings. The van der Waals surface area contributed by atoms with Gasteiger partial charge in [0.25, 0.3) is 0 Å². The van der Waals surface area contributed by atoms with Gasteiger partial charge in [0.15, 0.2) is 5.82 Å². The maximum absolute atomic E-state index is 12.0. The summed E-state index contributed by atoms with van der Waals surface area (Å²) in [5.74, 6) is 0.612. The number of rotatable bonds is 2. The standard InChI is InChI=1S/C14H17N5O/c15-11-5-3-4-10(8-11)13-17-9-19(18-13)12-6-1-2-7-16-14(12)20/h3-5,8-9,12H,1-2,6-7,15H2,(H,16,20). The monoisotopic (exact) mass is 271 g/mol. The minimum Gasteiger partial charge on any atom is -0.399 e. The number of benzene rings is 1. The van der Waals surface area contributed by atoms with Gasteiger partial charge in [-0.15, -0.1) is 0 Å². The van der Waals surface area contributed by atoms with Crippen molar-refractivity contribution < 1.29 is 4.79 Å². The number of nitrogen functional groups attached to an aromatic ring is 1. The van der Waals surface area contributed by atoms with Crippen LogP contribution in [-0.4, -0.2) is 27.2 Å². The van der Waals surface area contributed by atoms with Gasteiger partial charge in [0.1, 0.15) is 12.4 Å². The molecule has 0 bridgehead atoms. The lowest BCUT2D eigenvalue weighted by Crippen LogP contribution is -2.31. The van der Waals surface area contributed by atoms with Crippen LogP contribution in [0.5, 0.6) is 0 Å². The summed E-state index contributed by atoms with van der Waals surface area (Å²) < 4.78 is 1.65. The molecule has 6 heteroatoms. The highest BCUT2D eigenvalue weighted by atomic mass is 16.2. The highest BCUT2D eigenvalue weighted by Crippen LogP contribution is 2.21. The molecule has 1 unspecified atom stereocenters. The lowest BCUT2D eigenvalue weighted by molar-refractivity contribution is -0.124. The first-order chi connectivity index (χ1) is 9.74. The summed E-state index contributed by atoms with van der Waals surface area (Å²) in [7, 11) is 0. The lowest BCUT2D eigenvalue weighted by Gasteiger charge is -2.12. The van der Waals surface area contributed by atoms with E-state index in [0.717, 1.165) is 31.4 Å². The molecule has 6 nitrogen and oxygen atoms in total. The predicted molar refractivity (Wildman–Crippen MR) is 75.8 cm³/mol. The van der Waals surface area contributed by atoms with Crippen LogP contribution in [-0.2, 0) is 4.79 Å². The summed E-state index contributed by atoms with van der Waals surface area (Å²) in [5.41, 5.74) is 7.29. The van der Waals surface area contributed by atoms with Gasteiger partial charge in [-0.05, 0) is 31.4 Å². The molecule has 1 amide bonds. The average molecular weight is 271 g/mol. The van der Waals surface area contributed by atoms with E-state index in [4.69, 9.17) is 5.73 Å². The second-order valence-corrected chi connectivity index (χ2v) is 4.98. The van der Waals surface area contributed by atoms with Gasteiger partial charge in [0.2, 0.25) is 5.91 Å². The van der Waals surface area contributed by atoms with Crippen LogP contribution in [0.15, 0.2) is 30.6 Å². The summed E-state index contributed by atoms with van der Waals surface area (Å²) in [6, 6.07) is 7.15. The Bertz CT molecular complexity index is 622. The van der Waals surface area contributed by atoms with Crippen LogP contribution in [0.2, 0.25) is 0 Å². The van der Waals surface area contributed by atoms with Crippen molar-refractivity contribution in [2.75, 3.05) is 12.3 Å². The average Bonchev–Trinajstić information content (AvgIpc) is 2.82. The molecule has 2 aromatic rings. The summed E-state index contributed by atoms with van der Waals surface area (Å²) in [6.45, 7) is 0.742. The lowest BCUT2D eigenvalue weighted by atomic mass is 10.1. The molecule has 1 aromatic carbocycles. The van der Waals surface area contributed by atoms with Crippen LogP contribution in [0, 0.1) is 0 Å². The van der Waals surface area contributed by atoms with Crippen LogP contribution in [0.1, 0.15) is 25.3 Å². The third kappa shape index (κ3) is 2.49.